The molecule has 1 aliphatic carbocycles. The summed E-state index contributed by atoms with van der Waals surface area (Å²) >= 11 is 0. The average Bonchev–Trinajstić information content (AvgIpc) is 3.27. The lowest BCUT2D eigenvalue weighted by Crippen LogP contribution is -2.47. The van der Waals surface area contributed by atoms with Crippen molar-refractivity contribution in [3.63, 3.8) is 0 Å². The molecule has 1 saturated carbocycles. The first-order chi connectivity index (χ1) is 9.72. The van der Waals surface area contributed by atoms with Crippen molar-refractivity contribution in [1.82, 2.24) is 4.90 Å². The van der Waals surface area contributed by atoms with Crippen LogP contribution in [0, 0.1) is 0 Å². The van der Waals surface area contributed by atoms with Gasteiger partial charge in [-0.3, -0.25) is 14.5 Å². The number of hydrogen-bond acceptors (Lipinski definition) is 4. The van der Waals surface area contributed by atoms with Gasteiger partial charge in [-0.2, -0.15) is 0 Å². The van der Waals surface area contributed by atoms with Gasteiger partial charge < -0.3 is 10.2 Å². The van der Waals surface area contributed by atoms with Crippen LogP contribution in [0.1, 0.15) is 23.2 Å². The lowest BCUT2D eigenvalue weighted by Gasteiger charge is -2.36. The van der Waals surface area contributed by atoms with Gasteiger partial charge in [0.25, 0.3) is 11.7 Å². The third-order valence-electron chi connectivity index (χ3n) is 4.44. The monoisotopic (exact) mass is 271 g/mol. The number of hydrogen-bond donors (Lipinski definition) is 1. The molecule has 3 aliphatic rings. The second-order valence-corrected chi connectivity index (χ2v) is 5.77. The van der Waals surface area contributed by atoms with Gasteiger partial charge in [0.1, 0.15) is 0 Å². The van der Waals surface area contributed by atoms with Gasteiger partial charge in [0.15, 0.2) is 0 Å². The Bertz CT molecular complexity index is 587. The third kappa shape index (κ3) is 1.89. The molecule has 1 aromatic rings. The van der Waals surface area contributed by atoms with Gasteiger partial charge in [-0.05, 0) is 31.0 Å². The van der Waals surface area contributed by atoms with Crippen molar-refractivity contribution in [1.29, 1.82) is 0 Å². The molecule has 104 valence electrons. The van der Waals surface area contributed by atoms with Gasteiger partial charge in [-0.1, -0.05) is 0 Å². The summed E-state index contributed by atoms with van der Waals surface area (Å²) in [7, 11) is 0. The molecule has 0 unspecified atom stereocenters. The molecule has 0 atom stereocenters. The highest BCUT2D eigenvalue weighted by molar-refractivity contribution is 6.51. The first-order valence-corrected chi connectivity index (χ1v) is 7.21. The minimum atomic E-state index is -0.518. The lowest BCUT2D eigenvalue weighted by atomic mass is 10.1. The van der Waals surface area contributed by atoms with E-state index in [1.165, 1.54) is 12.8 Å². The van der Waals surface area contributed by atoms with Crippen molar-refractivity contribution >= 4 is 23.1 Å². The predicted molar refractivity (Wildman–Crippen MR) is 76.2 cm³/mol. The maximum absolute atomic E-state index is 11.6. The number of carbonyl (C=O) groups is 2. The van der Waals surface area contributed by atoms with Gasteiger partial charge in [0.2, 0.25) is 0 Å². The van der Waals surface area contributed by atoms with E-state index in [-0.39, 0.29) is 0 Å². The molecule has 0 bridgehead atoms. The minimum absolute atomic E-state index is 0.426. The fourth-order valence-electron chi connectivity index (χ4n) is 3.12. The normalized spacial score (nSPS) is 22.9. The number of nitrogens with one attached hydrogen (secondary N) is 1. The van der Waals surface area contributed by atoms with E-state index in [9.17, 15) is 9.59 Å². The van der Waals surface area contributed by atoms with Crippen LogP contribution in [0.25, 0.3) is 0 Å². The standard InChI is InChI=1S/C15H17N3O2/c19-14-12-4-3-11(9-13(12)16-15(14)20)18-7-5-17(6-8-18)10-1-2-10/h3-4,9-10H,1-2,5-8H2,(H,16,19,20). The van der Waals surface area contributed by atoms with Gasteiger partial charge >= 0.3 is 0 Å². The zero-order valence-electron chi connectivity index (χ0n) is 11.3. The van der Waals surface area contributed by atoms with E-state index in [0.29, 0.717) is 11.3 Å². The fraction of sp³-hybridized carbons (Fsp3) is 0.467. The van der Waals surface area contributed by atoms with Crippen LogP contribution in [0.15, 0.2) is 18.2 Å². The average molecular weight is 271 g/mol. The van der Waals surface area contributed by atoms with Crippen LogP contribution in [0.5, 0.6) is 0 Å². The smallest absolute Gasteiger partial charge is 0.296 e. The van der Waals surface area contributed by atoms with Crippen molar-refractivity contribution in [2.24, 2.45) is 0 Å². The summed E-state index contributed by atoms with van der Waals surface area (Å²) in [6.07, 6.45) is 2.71. The minimum Gasteiger partial charge on any atom is -0.369 e. The van der Waals surface area contributed by atoms with Crippen molar-refractivity contribution in [2.75, 3.05) is 36.4 Å². The maximum Gasteiger partial charge on any atom is 0.296 e. The molecular weight excluding hydrogens is 254 g/mol. The molecule has 1 aromatic carbocycles. The first-order valence-electron chi connectivity index (χ1n) is 7.21. The van der Waals surface area contributed by atoms with E-state index in [1.54, 1.807) is 6.07 Å². The zero-order valence-corrected chi connectivity index (χ0v) is 11.3. The molecule has 2 aliphatic heterocycles. The number of piperazine rings is 1. The third-order valence-corrected chi connectivity index (χ3v) is 4.44. The molecule has 5 heteroatoms. The molecule has 4 rings (SSSR count). The summed E-state index contributed by atoms with van der Waals surface area (Å²) in [4.78, 5) is 27.8. The van der Waals surface area contributed by atoms with Gasteiger partial charge in [-0.25, -0.2) is 0 Å². The predicted octanol–water partition coefficient (Wildman–Crippen LogP) is 1.11. The van der Waals surface area contributed by atoms with Gasteiger partial charge in [0.05, 0.1) is 11.3 Å². The number of Topliss-reactive ketones (excluding diaryl/α,β-unsaturated/α-hetero) is 1. The van der Waals surface area contributed by atoms with E-state index < -0.39 is 11.7 Å². The summed E-state index contributed by atoms with van der Waals surface area (Å²) in [5.41, 5.74) is 2.24. The van der Waals surface area contributed by atoms with Crippen molar-refractivity contribution in [2.45, 2.75) is 18.9 Å². The molecule has 20 heavy (non-hydrogen) atoms. The number of carbonyl (C=O) groups excluding carboxylic acids is 2. The van der Waals surface area contributed by atoms with Crippen LogP contribution in [0.2, 0.25) is 0 Å². The summed E-state index contributed by atoms with van der Waals surface area (Å²) in [6, 6.07) is 6.46. The highest BCUT2D eigenvalue weighted by atomic mass is 16.2. The highest BCUT2D eigenvalue weighted by Crippen LogP contribution is 2.31. The zero-order chi connectivity index (χ0) is 13.7. The van der Waals surface area contributed by atoms with Crippen LogP contribution in [0.3, 0.4) is 0 Å². The van der Waals surface area contributed by atoms with E-state index in [0.717, 1.165) is 37.9 Å². The number of fused-ring (bicyclic) bond motifs is 1. The molecule has 0 spiro atoms. The van der Waals surface area contributed by atoms with Crippen molar-refractivity contribution < 1.29 is 9.59 Å². The Labute approximate surface area is 117 Å². The lowest BCUT2D eigenvalue weighted by molar-refractivity contribution is -0.112. The topological polar surface area (TPSA) is 52.7 Å². The maximum atomic E-state index is 11.6. The Morgan fingerprint density at radius 3 is 2.50 bits per heavy atom. The molecule has 5 nitrogen and oxygen atoms in total. The van der Waals surface area contributed by atoms with E-state index in [1.807, 2.05) is 12.1 Å². The summed E-state index contributed by atoms with van der Waals surface area (Å²) < 4.78 is 0. The molecule has 2 fully saturated rings. The summed E-state index contributed by atoms with van der Waals surface area (Å²) in [5, 5.41) is 2.64. The number of nitrogens with zero attached hydrogens (tertiary/aromatic N) is 2. The quantitative estimate of drug-likeness (QED) is 0.819. The van der Waals surface area contributed by atoms with Crippen molar-refractivity contribution in [3.8, 4) is 0 Å². The van der Waals surface area contributed by atoms with E-state index in [2.05, 4.69) is 15.1 Å². The largest absolute Gasteiger partial charge is 0.369 e. The van der Waals surface area contributed by atoms with Gasteiger partial charge in [0, 0.05) is 37.9 Å². The van der Waals surface area contributed by atoms with E-state index in [4.69, 9.17) is 0 Å². The second-order valence-electron chi connectivity index (χ2n) is 5.77. The molecule has 0 radical (unpaired) electrons. The fourth-order valence-corrected chi connectivity index (χ4v) is 3.12. The molecule has 1 N–H and O–H groups in total. The summed E-state index contributed by atoms with van der Waals surface area (Å²) in [5.74, 6) is -0.944. The van der Waals surface area contributed by atoms with Crippen LogP contribution in [-0.2, 0) is 4.79 Å². The number of rotatable bonds is 2. The number of benzene rings is 1. The highest BCUT2D eigenvalue weighted by Gasteiger charge is 2.32. The van der Waals surface area contributed by atoms with Crippen LogP contribution >= 0.6 is 0 Å². The number of amides is 1. The first kappa shape index (κ1) is 11.9. The van der Waals surface area contributed by atoms with Crippen molar-refractivity contribution in [3.05, 3.63) is 23.8 Å². The number of ketones is 1. The Hall–Kier alpha value is -1.88. The van der Waals surface area contributed by atoms with Crippen LogP contribution in [0.4, 0.5) is 11.4 Å². The summed E-state index contributed by atoms with van der Waals surface area (Å²) in [6.45, 7) is 4.23. The van der Waals surface area contributed by atoms with Gasteiger partial charge in [-0.15, -0.1) is 0 Å². The molecule has 1 amide bonds. The molecule has 0 aromatic heterocycles. The number of anilines is 2. The Balaban J connectivity index is 1.51. The van der Waals surface area contributed by atoms with Crippen LogP contribution in [-0.4, -0.2) is 48.8 Å². The molecule has 1 saturated heterocycles. The van der Waals surface area contributed by atoms with Crippen LogP contribution < -0.4 is 10.2 Å². The Morgan fingerprint density at radius 2 is 1.80 bits per heavy atom. The Morgan fingerprint density at radius 1 is 1.05 bits per heavy atom. The van der Waals surface area contributed by atoms with E-state index >= 15 is 0 Å². The molecule has 2 heterocycles. The second kappa shape index (κ2) is 4.31. The Kier molecular flexibility index (Phi) is 2.57. The molecular formula is C15H17N3O2. The SMILES string of the molecule is O=C1Nc2cc(N3CCN(C4CC4)CC3)ccc2C1=O.